The van der Waals surface area contributed by atoms with Crippen LogP contribution in [0.3, 0.4) is 0 Å². The molecule has 8 N–H and O–H groups in total. The standard InChI is InChI=1S/C28H31FN8O5/c1-3-16-12-19(23(29)22(13-16)41-11-5-10-38)24(26-35-28(40)37(36-26)27-20(30)6-4-9-33-27)34-17-7-8-18(25(31)32)21(14-17)42-15(2)39/h4,6-9,12-14,24,34,38H,3,5,10-11,30H2,1-2H3,(H3,31,32)(H,35,36,40)/t24-/m0/s1. The Morgan fingerprint density at radius 2 is 2.05 bits per heavy atom. The van der Waals surface area contributed by atoms with Gasteiger partial charge in [0, 0.05) is 43.5 Å². The van der Waals surface area contributed by atoms with Gasteiger partial charge in [-0.05, 0) is 42.3 Å². The van der Waals surface area contributed by atoms with Crippen LogP contribution in [0, 0.1) is 11.2 Å². The van der Waals surface area contributed by atoms with Crippen LogP contribution in [0.4, 0.5) is 15.8 Å². The lowest BCUT2D eigenvalue weighted by atomic mass is 10.00. The molecule has 0 bridgehead atoms. The van der Waals surface area contributed by atoms with E-state index in [0.717, 1.165) is 10.2 Å². The summed E-state index contributed by atoms with van der Waals surface area (Å²) in [5.41, 5.74) is 12.5. The largest absolute Gasteiger partial charge is 0.490 e. The highest BCUT2D eigenvalue weighted by atomic mass is 19.1. The quantitative estimate of drug-likeness (QED) is 0.0475. The molecule has 0 unspecified atom stereocenters. The summed E-state index contributed by atoms with van der Waals surface area (Å²) in [5, 5.41) is 24.5. The van der Waals surface area contributed by atoms with E-state index in [1.165, 1.54) is 25.3 Å². The zero-order valence-corrected chi connectivity index (χ0v) is 23.0. The molecule has 2 aromatic carbocycles. The first-order valence-corrected chi connectivity index (χ1v) is 13.0. The van der Waals surface area contributed by atoms with Gasteiger partial charge in [0.15, 0.2) is 23.2 Å². The first-order valence-electron chi connectivity index (χ1n) is 13.0. The molecule has 2 heterocycles. The number of aromatic amines is 1. The number of amidine groups is 1. The number of hydrogen-bond acceptors (Lipinski definition) is 10. The lowest BCUT2D eigenvalue weighted by molar-refractivity contribution is -0.131. The van der Waals surface area contributed by atoms with Crippen molar-refractivity contribution in [3.63, 3.8) is 0 Å². The number of carbonyl (C=O) groups is 1. The monoisotopic (exact) mass is 578 g/mol. The molecule has 4 rings (SSSR count). The number of anilines is 2. The summed E-state index contributed by atoms with van der Waals surface area (Å²) in [7, 11) is 0. The van der Waals surface area contributed by atoms with Crippen LogP contribution in [0.25, 0.3) is 5.82 Å². The van der Waals surface area contributed by atoms with Crippen LogP contribution in [-0.2, 0) is 11.2 Å². The molecule has 14 heteroatoms. The van der Waals surface area contributed by atoms with Gasteiger partial charge in [-0.25, -0.2) is 14.2 Å². The number of nitrogens with two attached hydrogens (primary N) is 2. The van der Waals surface area contributed by atoms with Gasteiger partial charge in [-0.3, -0.25) is 15.2 Å². The van der Waals surface area contributed by atoms with E-state index in [4.69, 9.17) is 31.5 Å². The van der Waals surface area contributed by atoms with Gasteiger partial charge in [-0.15, -0.1) is 5.10 Å². The Morgan fingerprint density at radius 3 is 2.71 bits per heavy atom. The van der Waals surface area contributed by atoms with Crippen molar-refractivity contribution in [1.29, 1.82) is 5.41 Å². The van der Waals surface area contributed by atoms with Crippen LogP contribution >= 0.6 is 0 Å². The number of nitrogens with one attached hydrogen (secondary N) is 3. The molecule has 13 nitrogen and oxygen atoms in total. The third kappa shape index (κ3) is 6.55. The average molecular weight is 579 g/mol. The number of hydrogen-bond donors (Lipinski definition) is 6. The van der Waals surface area contributed by atoms with Crippen LogP contribution in [0.15, 0.2) is 53.5 Å². The van der Waals surface area contributed by atoms with Crippen molar-refractivity contribution < 1.29 is 23.8 Å². The topological polar surface area (TPSA) is 207 Å². The fraction of sp³-hybridized carbons (Fsp3) is 0.250. The Hall–Kier alpha value is -5.24. The van der Waals surface area contributed by atoms with Gasteiger partial charge < -0.3 is 31.4 Å². The molecule has 0 aliphatic carbocycles. The second-order valence-electron chi connectivity index (χ2n) is 9.22. The maximum absolute atomic E-state index is 16.1. The summed E-state index contributed by atoms with van der Waals surface area (Å²) >= 11 is 0. The van der Waals surface area contributed by atoms with Crippen molar-refractivity contribution in [3.05, 3.63) is 87.5 Å². The lowest BCUT2D eigenvalue weighted by Crippen LogP contribution is -2.19. The summed E-state index contributed by atoms with van der Waals surface area (Å²) in [6, 6.07) is 9.71. The van der Waals surface area contributed by atoms with Gasteiger partial charge >= 0.3 is 11.7 Å². The van der Waals surface area contributed by atoms with Gasteiger partial charge in [0.05, 0.1) is 17.9 Å². The number of ether oxygens (including phenoxy) is 2. The molecular weight excluding hydrogens is 547 g/mol. The highest BCUT2D eigenvalue weighted by molar-refractivity contribution is 5.98. The number of rotatable bonds is 12. The Labute approximate surface area is 239 Å². The van der Waals surface area contributed by atoms with Crippen LogP contribution in [0.5, 0.6) is 11.5 Å². The van der Waals surface area contributed by atoms with Gasteiger partial charge in [0.2, 0.25) is 0 Å². The van der Waals surface area contributed by atoms with E-state index < -0.39 is 23.5 Å². The summed E-state index contributed by atoms with van der Waals surface area (Å²) in [5.74, 6) is -1.59. The Bertz CT molecular complexity index is 1670. The van der Waals surface area contributed by atoms with Crippen molar-refractivity contribution in [1.82, 2.24) is 19.7 Å². The van der Waals surface area contributed by atoms with Crippen molar-refractivity contribution in [3.8, 4) is 17.3 Å². The van der Waals surface area contributed by atoms with E-state index in [1.54, 1.807) is 30.3 Å². The number of aromatic nitrogens is 4. The molecule has 0 amide bonds. The summed E-state index contributed by atoms with van der Waals surface area (Å²) < 4.78 is 27.9. The minimum Gasteiger partial charge on any atom is -0.490 e. The molecule has 42 heavy (non-hydrogen) atoms. The van der Waals surface area contributed by atoms with Crippen LogP contribution < -0.4 is 31.9 Å². The first-order chi connectivity index (χ1) is 20.1. The molecule has 0 fully saturated rings. The molecule has 0 saturated heterocycles. The minimum absolute atomic E-state index is 0.00911. The number of carbonyl (C=O) groups excluding carboxylic acids is 1. The smallest absolute Gasteiger partial charge is 0.349 e. The van der Waals surface area contributed by atoms with E-state index in [-0.39, 0.29) is 59.0 Å². The highest BCUT2D eigenvalue weighted by Gasteiger charge is 2.27. The van der Waals surface area contributed by atoms with Gasteiger partial charge in [-0.2, -0.15) is 4.68 Å². The number of nitrogen functional groups attached to an aromatic ring is 2. The molecule has 0 aliphatic heterocycles. The zero-order valence-electron chi connectivity index (χ0n) is 23.0. The third-order valence-corrected chi connectivity index (χ3v) is 6.17. The number of H-pyrrole nitrogens is 1. The van der Waals surface area contributed by atoms with Crippen molar-refractivity contribution in [2.75, 3.05) is 24.3 Å². The molecular formula is C28H31FN8O5. The average Bonchev–Trinajstić information content (AvgIpc) is 3.33. The lowest BCUT2D eigenvalue weighted by Gasteiger charge is -2.22. The van der Waals surface area contributed by atoms with E-state index in [2.05, 4.69) is 20.4 Å². The third-order valence-electron chi connectivity index (χ3n) is 6.17. The number of aryl methyl sites for hydroxylation is 1. The molecule has 0 spiro atoms. The predicted octanol–water partition coefficient (Wildman–Crippen LogP) is 2.41. The molecule has 0 saturated carbocycles. The minimum atomic E-state index is -1.11. The number of aliphatic hydroxyl groups is 1. The second kappa shape index (κ2) is 13.0. The predicted molar refractivity (Wildman–Crippen MR) is 154 cm³/mol. The van der Waals surface area contributed by atoms with Gasteiger partial charge in [0.1, 0.15) is 17.6 Å². The number of benzene rings is 2. The van der Waals surface area contributed by atoms with Crippen molar-refractivity contribution in [2.24, 2.45) is 5.73 Å². The van der Waals surface area contributed by atoms with Crippen molar-refractivity contribution >= 4 is 23.2 Å². The van der Waals surface area contributed by atoms with Gasteiger partial charge in [0.25, 0.3) is 0 Å². The van der Waals surface area contributed by atoms with Crippen LogP contribution in [-0.4, -0.2) is 49.9 Å². The maximum atomic E-state index is 16.1. The number of halogens is 1. The first kappa shape index (κ1) is 29.7. The number of pyridine rings is 1. The number of aliphatic hydroxyl groups excluding tert-OH is 1. The second-order valence-corrected chi connectivity index (χ2v) is 9.22. The molecule has 220 valence electrons. The number of nitrogens with zero attached hydrogens (tertiary/aromatic N) is 3. The molecule has 4 aromatic rings. The summed E-state index contributed by atoms with van der Waals surface area (Å²) in [6.45, 7) is 3.06. The summed E-state index contributed by atoms with van der Waals surface area (Å²) in [4.78, 5) is 31.5. The Morgan fingerprint density at radius 1 is 1.26 bits per heavy atom. The molecule has 0 radical (unpaired) electrons. The van der Waals surface area contributed by atoms with Crippen LogP contribution in [0.2, 0.25) is 0 Å². The van der Waals surface area contributed by atoms with Gasteiger partial charge in [-0.1, -0.05) is 13.0 Å². The number of esters is 1. The molecule has 0 aliphatic rings. The normalized spacial score (nSPS) is 11.6. The van der Waals surface area contributed by atoms with E-state index >= 15 is 4.39 Å². The Kier molecular flexibility index (Phi) is 9.17. The molecule has 1 atom stereocenters. The SMILES string of the molecule is CCc1cc(OCCCO)c(F)c([C@H](Nc2ccc(C(=N)N)c(OC(C)=O)c2)c2nn(-c3ncccc3N)c(=O)[nH]2)c1. The summed E-state index contributed by atoms with van der Waals surface area (Å²) in [6.07, 6.45) is 2.29. The van der Waals surface area contributed by atoms with E-state index in [9.17, 15) is 9.59 Å². The fourth-order valence-corrected chi connectivity index (χ4v) is 4.18. The van der Waals surface area contributed by atoms with Crippen LogP contribution in [0.1, 0.15) is 48.8 Å². The zero-order chi connectivity index (χ0) is 30.4. The Balaban J connectivity index is 1.88. The van der Waals surface area contributed by atoms with E-state index in [1.807, 2.05) is 6.92 Å². The molecule has 2 aromatic heterocycles. The maximum Gasteiger partial charge on any atom is 0.349 e. The van der Waals surface area contributed by atoms with Crippen molar-refractivity contribution in [2.45, 2.75) is 32.7 Å². The highest BCUT2D eigenvalue weighted by Crippen LogP contribution is 2.34. The van der Waals surface area contributed by atoms with E-state index in [0.29, 0.717) is 18.5 Å². The fourth-order valence-electron chi connectivity index (χ4n) is 4.18.